The summed E-state index contributed by atoms with van der Waals surface area (Å²) in [6, 6.07) is 11.7. The highest BCUT2D eigenvalue weighted by atomic mass is 35.5. The Morgan fingerprint density at radius 3 is 2.64 bits per heavy atom. The number of rotatable bonds is 4. The lowest BCUT2D eigenvalue weighted by Crippen LogP contribution is -2.26. The molecule has 0 saturated heterocycles. The van der Waals surface area contributed by atoms with Crippen molar-refractivity contribution in [1.82, 2.24) is 9.97 Å². The Hall–Kier alpha value is -2.63. The van der Waals surface area contributed by atoms with Crippen LogP contribution in [0.2, 0.25) is 10.0 Å². The number of ether oxygens (including phenoxy) is 1. The van der Waals surface area contributed by atoms with Gasteiger partial charge in [-0.15, -0.1) is 0 Å². The largest absolute Gasteiger partial charge is 0.437 e. The van der Waals surface area contributed by atoms with Gasteiger partial charge in [-0.1, -0.05) is 23.2 Å². The molecule has 5 nitrogen and oxygen atoms in total. The van der Waals surface area contributed by atoms with Crippen LogP contribution in [0.25, 0.3) is 0 Å². The average Bonchev–Trinajstić information content (AvgIpc) is 2.65. The second-order valence-electron chi connectivity index (χ2n) is 5.14. The van der Waals surface area contributed by atoms with Crippen molar-refractivity contribution in [2.75, 3.05) is 11.9 Å². The van der Waals surface area contributed by atoms with Gasteiger partial charge in [-0.05, 0) is 30.3 Å². The summed E-state index contributed by atoms with van der Waals surface area (Å²) < 4.78 is 5.61. The molecule has 126 valence electrons. The molecule has 7 heteroatoms. The predicted octanol–water partition coefficient (Wildman–Crippen LogP) is 4.85. The van der Waals surface area contributed by atoms with Crippen molar-refractivity contribution in [2.45, 2.75) is 0 Å². The maximum Gasteiger partial charge on any atom is 0.259 e. The molecule has 0 spiro atoms. The number of benzene rings is 1. The van der Waals surface area contributed by atoms with E-state index in [0.717, 1.165) is 0 Å². The van der Waals surface area contributed by atoms with Crippen LogP contribution in [0.4, 0.5) is 5.69 Å². The Labute approximate surface area is 154 Å². The van der Waals surface area contributed by atoms with Crippen molar-refractivity contribution in [3.8, 4) is 11.6 Å². The minimum Gasteiger partial charge on any atom is -0.437 e. The summed E-state index contributed by atoms with van der Waals surface area (Å²) >= 11 is 12.0. The lowest BCUT2D eigenvalue weighted by molar-refractivity contribution is 0.0992. The lowest BCUT2D eigenvalue weighted by Gasteiger charge is -2.16. The molecule has 0 unspecified atom stereocenters. The molecule has 0 bridgehead atoms. The Bertz CT molecular complexity index is 887. The standard InChI is InChI=1S/C18H13Cl2N3O2/c1-23(14-3-2-8-21-11-14)18(24)12-4-7-17(22-10-12)25-16-9-13(19)5-6-15(16)20/h2-11H,1H3. The van der Waals surface area contributed by atoms with E-state index in [-0.39, 0.29) is 5.91 Å². The molecule has 0 radical (unpaired) electrons. The summed E-state index contributed by atoms with van der Waals surface area (Å²) in [6.45, 7) is 0. The van der Waals surface area contributed by atoms with Crippen LogP contribution in [0.15, 0.2) is 61.1 Å². The molecule has 1 amide bonds. The number of halogens is 2. The van der Waals surface area contributed by atoms with Gasteiger partial charge in [-0.25, -0.2) is 4.98 Å². The zero-order valence-electron chi connectivity index (χ0n) is 13.2. The Balaban J connectivity index is 1.76. The normalized spacial score (nSPS) is 10.4. The fourth-order valence-electron chi connectivity index (χ4n) is 2.10. The van der Waals surface area contributed by atoms with E-state index in [1.807, 2.05) is 0 Å². The van der Waals surface area contributed by atoms with E-state index >= 15 is 0 Å². The van der Waals surface area contributed by atoms with E-state index in [4.69, 9.17) is 27.9 Å². The van der Waals surface area contributed by atoms with Gasteiger partial charge in [0.05, 0.1) is 22.5 Å². The first-order chi connectivity index (χ1) is 12.0. The van der Waals surface area contributed by atoms with Crippen molar-refractivity contribution >= 4 is 34.8 Å². The molecule has 0 N–H and O–H groups in total. The van der Waals surface area contributed by atoms with Gasteiger partial charge >= 0.3 is 0 Å². The van der Waals surface area contributed by atoms with Crippen LogP contribution in [-0.2, 0) is 0 Å². The molecule has 1 aromatic carbocycles. The molecule has 0 fully saturated rings. The second kappa shape index (κ2) is 7.51. The number of carbonyl (C=O) groups is 1. The summed E-state index contributed by atoms with van der Waals surface area (Å²) in [5.41, 5.74) is 1.12. The first kappa shape index (κ1) is 17.2. The Morgan fingerprint density at radius 2 is 1.96 bits per heavy atom. The van der Waals surface area contributed by atoms with E-state index in [9.17, 15) is 4.79 Å². The zero-order chi connectivity index (χ0) is 17.8. The van der Waals surface area contributed by atoms with Crippen molar-refractivity contribution in [2.24, 2.45) is 0 Å². The van der Waals surface area contributed by atoms with Crippen LogP contribution in [-0.4, -0.2) is 22.9 Å². The van der Waals surface area contributed by atoms with E-state index in [1.54, 1.807) is 61.9 Å². The van der Waals surface area contributed by atoms with Gasteiger partial charge < -0.3 is 9.64 Å². The maximum absolute atomic E-state index is 12.5. The maximum atomic E-state index is 12.5. The van der Waals surface area contributed by atoms with Crippen LogP contribution in [0.3, 0.4) is 0 Å². The predicted molar refractivity (Wildman–Crippen MR) is 97.7 cm³/mol. The van der Waals surface area contributed by atoms with Crippen LogP contribution in [0.5, 0.6) is 11.6 Å². The number of aromatic nitrogens is 2. The number of nitrogens with zero attached hydrogens (tertiary/aromatic N) is 3. The molecule has 0 aliphatic rings. The quantitative estimate of drug-likeness (QED) is 0.655. The fourth-order valence-corrected chi connectivity index (χ4v) is 2.42. The van der Waals surface area contributed by atoms with Crippen LogP contribution in [0, 0.1) is 0 Å². The van der Waals surface area contributed by atoms with Crippen molar-refractivity contribution in [1.29, 1.82) is 0 Å². The van der Waals surface area contributed by atoms with E-state index in [1.165, 1.54) is 11.1 Å². The first-order valence-corrected chi connectivity index (χ1v) is 8.07. The molecule has 25 heavy (non-hydrogen) atoms. The van der Waals surface area contributed by atoms with E-state index in [0.29, 0.717) is 32.9 Å². The number of hydrogen-bond donors (Lipinski definition) is 0. The summed E-state index contributed by atoms with van der Waals surface area (Å²) in [5.74, 6) is 0.505. The third-order valence-electron chi connectivity index (χ3n) is 3.43. The number of pyridine rings is 2. The topological polar surface area (TPSA) is 55.3 Å². The molecule has 0 atom stereocenters. The van der Waals surface area contributed by atoms with Gasteiger partial charge in [0, 0.05) is 36.6 Å². The van der Waals surface area contributed by atoms with Gasteiger partial charge in [-0.3, -0.25) is 9.78 Å². The highest BCUT2D eigenvalue weighted by Crippen LogP contribution is 2.31. The molecule has 0 saturated carbocycles. The number of amides is 1. The highest BCUT2D eigenvalue weighted by Gasteiger charge is 2.14. The van der Waals surface area contributed by atoms with Gasteiger partial charge in [-0.2, -0.15) is 0 Å². The molecule has 2 heterocycles. The summed E-state index contributed by atoms with van der Waals surface area (Å²) in [4.78, 5) is 22.2. The molecule has 3 aromatic rings. The summed E-state index contributed by atoms with van der Waals surface area (Å²) in [7, 11) is 1.68. The zero-order valence-corrected chi connectivity index (χ0v) is 14.7. The third-order valence-corrected chi connectivity index (χ3v) is 3.98. The minimum atomic E-state index is -0.201. The molecule has 2 aromatic heterocycles. The first-order valence-electron chi connectivity index (χ1n) is 7.31. The van der Waals surface area contributed by atoms with Crippen molar-refractivity contribution in [3.05, 3.63) is 76.7 Å². The fraction of sp³-hybridized carbons (Fsp3) is 0.0556. The van der Waals surface area contributed by atoms with Crippen LogP contribution >= 0.6 is 23.2 Å². The Kier molecular flexibility index (Phi) is 5.16. The average molecular weight is 374 g/mol. The van der Waals surface area contributed by atoms with Crippen LogP contribution in [0.1, 0.15) is 10.4 Å². The number of anilines is 1. The summed E-state index contributed by atoms with van der Waals surface area (Å²) in [6.07, 6.45) is 4.71. The second-order valence-corrected chi connectivity index (χ2v) is 5.98. The van der Waals surface area contributed by atoms with Gasteiger partial charge in [0.15, 0.2) is 0 Å². The smallest absolute Gasteiger partial charge is 0.259 e. The molecule has 0 aliphatic heterocycles. The highest BCUT2D eigenvalue weighted by molar-refractivity contribution is 6.34. The monoisotopic (exact) mass is 373 g/mol. The van der Waals surface area contributed by atoms with Crippen LogP contribution < -0.4 is 9.64 Å². The van der Waals surface area contributed by atoms with Crippen molar-refractivity contribution in [3.63, 3.8) is 0 Å². The number of hydrogen-bond acceptors (Lipinski definition) is 4. The minimum absolute atomic E-state index is 0.201. The van der Waals surface area contributed by atoms with E-state index < -0.39 is 0 Å². The van der Waals surface area contributed by atoms with Gasteiger partial charge in [0.25, 0.3) is 5.91 Å². The van der Waals surface area contributed by atoms with E-state index in [2.05, 4.69) is 9.97 Å². The molecular formula is C18H13Cl2N3O2. The summed E-state index contributed by atoms with van der Waals surface area (Å²) in [5, 5.41) is 0.923. The molecule has 0 aliphatic carbocycles. The van der Waals surface area contributed by atoms with Gasteiger partial charge in [0.1, 0.15) is 5.75 Å². The third kappa shape index (κ3) is 4.07. The van der Waals surface area contributed by atoms with Gasteiger partial charge in [0.2, 0.25) is 5.88 Å². The SMILES string of the molecule is CN(C(=O)c1ccc(Oc2cc(Cl)ccc2Cl)nc1)c1cccnc1. The number of carbonyl (C=O) groups excluding carboxylic acids is 1. The molecular weight excluding hydrogens is 361 g/mol. The van der Waals surface area contributed by atoms with Crippen molar-refractivity contribution < 1.29 is 9.53 Å². The molecule has 3 rings (SSSR count). The Morgan fingerprint density at radius 1 is 1.12 bits per heavy atom. The lowest BCUT2D eigenvalue weighted by atomic mass is 10.2.